The molecule has 66 valence electrons. The van der Waals surface area contributed by atoms with E-state index < -0.39 is 0 Å². The molecule has 0 radical (unpaired) electrons. The highest BCUT2D eigenvalue weighted by Gasteiger charge is 1.85. The predicted octanol–water partition coefficient (Wildman–Crippen LogP) is 2.34. The van der Waals surface area contributed by atoms with Gasteiger partial charge in [0.15, 0.2) is 0 Å². The molecule has 0 heterocycles. The Kier molecular flexibility index (Phi) is 8.34. The zero-order valence-electron chi connectivity index (χ0n) is 7.10. The van der Waals surface area contributed by atoms with Gasteiger partial charge in [0.2, 0.25) is 0 Å². The summed E-state index contributed by atoms with van der Waals surface area (Å²) in [4.78, 5) is 0. The van der Waals surface area contributed by atoms with Crippen LogP contribution in [0.3, 0.4) is 0 Å². The van der Waals surface area contributed by atoms with Gasteiger partial charge in [0, 0.05) is 6.61 Å². The molecule has 0 aromatic rings. The van der Waals surface area contributed by atoms with Crippen molar-refractivity contribution in [1.29, 1.82) is 0 Å². The van der Waals surface area contributed by atoms with E-state index in [-0.39, 0.29) is 0 Å². The Morgan fingerprint density at radius 2 is 2.00 bits per heavy atom. The van der Waals surface area contributed by atoms with E-state index in [4.69, 9.17) is 9.47 Å². The van der Waals surface area contributed by atoms with Crippen LogP contribution in [0, 0.1) is 0 Å². The average molecular weight is 223 g/mol. The first-order valence-electron chi connectivity index (χ1n) is 3.75. The van der Waals surface area contributed by atoms with Crippen LogP contribution in [0.25, 0.3) is 0 Å². The number of halogens is 1. The van der Waals surface area contributed by atoms with Gasteiger partial charge in [0.1, 0.15) is 0 Å². The number of ether oxygens (including phenoxy) is 2. The van der Waals surface area contributed by atoms with Crippen LogP contribution in [0.2, 0.25) is 0 Å². The highest BCUT2D eigenvalue weighted by atomic mass is 79.9. The standard InChI is InChI=1S/C8H15BrO2/c1-3-10-6-7-11-5-4-8(2)9/h4H,3,5-7H2,1-2H3. The second-order valence-corrected chi connectivity index (χ2v) is 3.31. The van der Waals surface area contributed by atoms with E-state index in [0.29, 0.717) is 19.8 Å². The molecule has 2 nitrogen and oxygen atoms in total. The van der Waals surface area contributed by atoms with Gasteiger partial charge in [-0.15, -0.1) is 0 Å². The molecule has 0 aromatic heterocycles. The molecule has 0 N–H and O–H groups in total. The Morgan fingerprint density at radius 1 is 1.36 bits per heavy atom. The first kappa shape index (κ1) is 11.1. The number of hydrogen-bond acceptors (Lipinski definition) is 2. The number of allylic oxidation sites excluding steroid dienone is 1. The van der Waals surface area contributed by atoms with Gasteiger partial charge in [-0.1, -0.05) is 15.9 Å². The minimum atomic E-state index is 0.657. The van der Waals surface area contributed by atoms with E-state index in [2.05, 4.69) is 15.9 Å². The minimum Gasteiger partial charge on any atom is -0.379 e. The molecule has 0 amide bonds. The molecule has 0 spiro atoms. The van der Waals surface area contributed by atoms with Crippen molar-refractivity contribution in [2.75, 3.05) is 26.4 Å². The fraction of sp³-hybridized carbons (Fsp3) is 0.750. The third-order valence-electron chi connectivity index (χ3n) is 1.06. The number of rotatable bonds is 6. The molecule has 0 aromatic carbocycles. The largest absolute Gasteiger partial charge is 0.379 e. The van der Waals surface area contributed by atoms with Crippen molar-refractivity contribution in [2.24, 2.45) is 0 Å². The molecule has 0 unspecified atom stereocenters. The zero-order chi connectivity index (χ0) is 8.53. The van der Waals surface area contributed by atoms with E-state index in [9.17, 15) is 0 Å². The van der Waals surface area contributed by atoms with Crippen molar-refractivity contribution < 1.29 is 9.47 Å². The summed E-state index contributed by atoms with van der Waals surface area (Å²) < 4.78 is 11.4. The van der Waals surface area contributed by atoms with Crippen LogP contribution < -0.4 is 0 Å². The van der Waals surface area contributed by atoms with Crippen molar-refractivity contribution in [3.63, 3.8) is 0 Å². The third-order valence-corrected chi connectivity index (χ3v) is 1.38. The first-order chi connectivity index (χ1) is 5.27. The van der Waals surface area contributed by atoms with Crippen LogP contribution in [0.15, 0.2) is 10.6 Å². The normalized spacial score (nSPS) is 12.1. The Morgan fingerprint density at radius 3 is 2.55 bits per heavy atom. The Balaban J connectivity index is 2.97. The zero-order valence-corrected chi connectivity index (χ0v) is 8.69. The van der Waals surface area contributed by atoms with E-state index in [0.717, 1.165) is 11.1 Å². The van der Waals surface area contributed by atoms with E-state index >= 15 is 0 Å². The van der Waals surface area contributed by atoms with Crippen molar-refractivity contribution >= 4 is 15.9 Å². The van der Waals surface area contributed by atoms with Gasteiger partial charge < -0.3 is 9.47 Å². The van der Waals surface area contributed by atoms with E-state index in [1.165, 1.54) is 0 Å². The fourth-order valence-electron chi connectivity index (χ4n) is 0.519. The predicted molar refractivity (Wildman–Crippen MR) is 50.0 cm³/mol. The van der Waals surface area contributed by atoms with Crippen LogP contribution >= 0.6 is 15.9 Å². The lowest BCUT2D eigenvalue weighted by atomic mass is 10.5. The summed E-state index contributed by atoms with van der Waals surface area (Å²) >= 11 is 3.31. The van der Waals surface area contributed by atoms with E-state index in [1.807, 2.05) is 19.9 Å². The fourth-order valence-corrected chi connectivity index (χ4v) is 0.651. The molecule has 11 heavy (non-hydrogen) atoms. The Bertz CT molecular complexity index is 109. The van der Waals surface area contributed by atoms with Crippen LogP contribution in [-0.4, -0.2) is 26.4 Å². The SMILES string of the molecule is CCOCCOCC=C(C)Br. The summed E-state index contributed by atoms with van der Waals surface area (Å²) in [6, 6.07) is 0. The summed E-state index contributed by atoms with van der Waals surface area (Å²) in [5.41, 5.74) is 0. The summed E-state index contributed by atoms with van der Waals surface area (Å²) in [7, 11) is 0. The second-order valence-electron chi connectivity index (χ2n) is 2.06. The molecule has 0 rings (SSSR count). The molecule has 0 bridgehead atoms. The lowest BCUT2D eigenvalue weighted by molar-refractivity contribution is 0.0643. The molecule has 0 fully saturated rings. The first-order valence-corrected chi connectivity index (χ1v) is 4.54. The summed E-state index contributed by atoms with van der Waals surface area (Å²) in [5, 5.41) is 0. The van der Waals surface area contributed by atoms with Crippen LogP contribution in [-0.2, 0) is 9.47 Å². The molecule has 0 atom stereocenters. The van der Waals surface area contributed by atoms with Gasteiger partial charge in [-0.2, -0.15) is 0 Å². The quantitative estimate of drug-likeness (QED) is 0.643. The molecule has 3 heteroatoms. The maximum absolute atomic E-state index is 5.22. The summed E-state index contributed by atoms with van der Waals surface area (Å²) in [6.07, 6.45) is 1.98. The van der Waals surface area contributed by atoms with Gasteiger partial charge in [-0.05, 0) is 24.4 Å². The van der Waals surface area contributed by atoms with E-state index in [1.54, 1.807) is 0 Å². The van der Waals surface area contributed by atoms with Crippen LogP contribution in [0.5, 0.6) is 0 Å². The van der Waals surface area contributed by atoms with Crippen molar-refractivity contribution in [1.82, 2.24) is 0 Å². The Hall–Kier alpha value is 0.140. The monoisotopic (exact) mass is 222 g/mol. The summed E-state index contributed by atoms with van der Waals surface area (Å²) in [6.45, 7) is 6.73. The van der Waals surface area contributed by atoms with Gasteiger partial charge in [0.25, 0.3) is 0 Å². The van der Waals surface area contributed by atoms with Crippen molar-refractivity contribution in [3.8, 4) is 0 Å². The van der Waals surface area contributed by atoms with Gasteiger partial charge in [-0.25, -0.2) is 0 Å². The lowest BCUT2D eigenvalue weighted by Gasteiger charge is -2.00. The average Bonchev–Trinajstić information content (AvgIpc) is 1.96. The molecular weight excluding hydrogens is 208 g/mol. The van der Waals surface area contributed by atoms with Gasteiger partial charge in [-0.3, -0.25) is 0 Å². The Labute approximate surface area is 76.7 Å². The highest BCUT2D eigenvalue weighted by Crippen LogP contribution is 2.00. The topological polar surface area (TPSA) is 18.5 Å². The van der Waals surface area contributed by atoms with Crippen LogP contribution in [0.4, 0.5) is 0 Å². The molecular formula is C8H15BrO2. The minimum absolute atomic E-state index is 0.657. The third kappa shape index (κ3) is 10.1. The second kappa shape index (κ2) is 8.24. The van der Waals surface area contributed by atoms with Gasteiger partial charge >= 0.3 is 0 Å². The van der Waals surface area contributed by atoms with Crippen LogP contribution in [0.1, 0.15) is 13.8 Å². The highest BCUT2D eigenvalue weighted by molar-refractivity contribution is 9.11. The molecule has 0 saturated carbocycles. The maximum Gasteiger partial charge on any atom is 0.0704 e. The summed E-state index contributed by atoms with van der Waals surface area (Å²) in [5.74, 6) is 0. The molecule has 0 aliphatic heterocycles. The lowest BCUT2D eigenvalue weighted by Crippen LogP contribution is -2.03. The van der Waals surface area contributed by atoms with Crippen molar-refractivity contribution in [3.05, 3.63) is 10.6 Å². The van der Waals surface area contributed by atoms with Crippen molar-refractivity contribution in [2.45, 2.75) is 13.8 Å². The molecule has 0 saturated heterocycles. The molecule has 0 aliphatic carbocycles. The maximum atomic E-state index is 5.22. The number of hydrogen-bond donors (Lipinski definition) is 0. The van der Waals surface area contributed by atoms with Gasteiger partial charge in [0.05, 0.1) is 19.8 Å². The smallest absolute Gasteiger partial charge is 0.0704 e. The molecule has 0 aliphatic rings.